The van der Waals surface area contributed by atoms with Crippen molar-refractivity contribution in [3.63, 3.8) is 0 Å². The minimum Gasteiger partial charge on any atom is -0.343 e. The van der Waals surface area contributed by atoms with Gasteiger partial charge in [0.25, 0.3) is 0 Å². The Hall–Kier alpha value is -0.610. The summed E-state index contributed by atoms with van der Waals surface area (Å²) < 4.78 is 0. The van der Waals surface area contributed by atoms with Crippen LogP contribution in [0.15, 0.2) is 0 Å². The molecule has 0 aromatic heterocycles. The highest BCUT2D eigenvalue weighted by molar-refractivity contribution is 5.79. The van der Waals surface area contributed by atoms with E-state index < -0.39 is 0 Å². The molecule has 0 spiro atoms. The number of amides is 1. The second-order valence-electron chi connectivity index (χ2n) is 5.61. The van der Waals surface area contributed by atoms with Crippen molar-refractivity contribution in [3.05, 3.63) is 0 Å². The Labute approximate surface area is 111 Å². The van der Waals surface area contributed by atoms with Gasteiger partial charge in [0.05, 0.1) is 0 Å². The topological polar surface area (TPSA) is 49.6 Å². The van der Waals surface area contributed by atoms with Crippen molar-refractivity contribution >= 4 is 5.91 Å². The van der Waals surface area contributed by atoms with Gasteiger partial charge in [0.2, 0.25) is 5.91 Å². The molecular formula is C14H29N3O. The summed E-state index contributed by atoms with van der Waals surface area (Å²) in [6.07, 6.45) is 4.37. The van der Waals surface area contributed by atoms with E-state index in [1.54, 1.807) is 0 Å². The fraction of sp³-hybridized carbons (Fsp3) is 0.929. The van der Waals surface area contributed by atoms with E-state index in [0.717, 1.165) is 45.3 Å². The molecule has 18 heavy (non-hydrogen) atoms. The summed E-state index contributed by atoms with van der Waals surface area (Å²) in [5.41, 5.74) is 5.77. The van der Waals surface area contributed by atoms with Crippen LogP contribution in [-0.2, 0) is 4.79 Å². The van der Waals surface area contributed by atoms with Crippen molar-refractivity contribution in [2.24, 2.45) is 17.6 Å². The Morgan fingerprint density at radius 1 is 1.28 bits per heavy atom. The first-order chi connectivity index (χ1) is 8.60. The highest BCUT2D eigenvalue weighted by Gasteiger charge is 2.33. The van der Waals surface area contributed by atoms with Crippen LogP contribution in [0.1, 0.15) is 32.6 Å². The molecule has 0 radical (unpaired) electrons. The Morgan fingerprint density at radius 3 is 2.56 bits per heavy atom. The summed E-state index contributed by atoms with van der Waals surface area (Å²) in [5.74, 6) is 0.943. The number of hydrogen-bond donors (Lipinski definition) is 1. The molecule has 2 N–H and O–H groups in total. The molecule has 1 aliphatic carbocycles. The summed E-state index contributed by atoms with van der Waals surface area (Å²) in [4.78, 5) is 16.7. The first-order valence-corrected chi connectivity index (χ1v) is 7.23. The number of nitrogens with two attached hydrogens (primary N) is 1. The lowest BCUT2D eigenvalue weighted by atomic mass is 9.94. The SMILES string of the molecule is CCN(CCCN(C)C)C(=O)C1CCCC1CN. The first-order valence-electron chi connectivity index (χ1n) is 7.23. The van der Waals surface area contributed by atoms with Gasteiger partial charge in [0.15, 0.2) is 0 Å². The zero-order valence-electron chi connectivity index (χ0n) is 12.2. The number of nitrogens with zero attached hydrogens (tertiary/aromatic N) is 2. The fourth-order valence-electron chi connectivity index (χ4n) is 2.88. The zero-order chi connectivity index (χ0) is 13.5. The molecule has 1 rings (SSSR count). The van der Waals surface area contributed by atoms with Crippen molar-refractivity contribution in [3.8, 4) is 0 Å². The first kappa shape index (κ1) is 15.4. The van der Waals surface area contributed by atoms with E-state index in [4.69, 9.17) is 5.73 Å². The molecule has 4 heteroatoms. The van der Waals surface area contributed by atoms with Crippen LogP contribution in [0.25, 0.3) is 0 Å². The van der Waals surface area contributed by atoms with Crippen molar-refractivity contribution in [2.45, 2.75) is 32.6 Å². The van der Waals surface area contributed by atoms with Gasteiger partial charge in [-0.3, -0.25) is 4.79 Å². The van der Waals surface area contributed by atoms with E-state index in [-0.39, 0.29) is 5.92 Å². The Bertz CT molecular complexity index is 255. The Morgan fingerprint density at radius 2 is 2.00 bits per heavy atom. The average molecular weight is 255 g/mol. The third-order valence-electron chi connectivity index (χ3n) is 4.01. The van der Waals surface area contributed by atoms with E-state index in [1.165, 1.54) is 0 Å². The monoisotopic (exact) mass is 255 g/mol. The lowest BCUT2D eigenvalue weighted by molar-refractivity contribution is -0.136. The van der Waals surface area contributed by atoms with Gasteiger partial charge in [-0.2, -0.15) is 0 Å². The van der Waals surface area contributed by atoms with Crippen LogP contribution in [0.3, 0.4) is 0 Å². The van der Waals surface area contributed by atoms with Gasteiger partial charge < -0.3 is 15.5 Å². The van der Waals surface area contributed by atoms with Crippen LogP contribution in [-0.4, -0.2) is 56.0 Å². The summed E-state index contributed by atoms with van der Waals surface area (Å²) in [6, 6.07) is 0. The number of carbonyl (C=O) groups is 1. The van der Waals surface area contributed by atoms with E-state index in [9.17, 15) is 4.79 Å². The second-order valence-corrected chi connectivity index (χ2v) is 5.61. The molecule has 0 aromatic carbocycles. The predicted octanol–water partition coefficient (Wildman–Crippen LogP) is 1.16. The van der Waals surface area contributed by atoms with Gasteiger partial charge in [0.1, 0.15) is 0 Å². The summed E-state index contributed by atoms with van der Waals surface area (Å²) in [7, 11) is 4.14. The van der Waals surface area contributed by atoms with E-state index >= 15 is 0 Å². The molecule has 0 bridgehead atoms. The molecule has 2 unspecified atom stereocenters. The van der Waals surface area contributed by atoms with Gasteiger partial charge in [-0.15, -0.1) is 0 Å². The molecule has 1 saturated carbocycles. The standard InChI is InChI=1S/C14H29N3O/c1-4-17(10-6-9-16(2)3)14(18)13-8-5-7-12(13)11-15/h12-13H,4-11,15H2,1-3H3. The van der Waals surface area contributed by atoms with E-state index in [1.807, 2.05) is 4.90 Å². The number of rotatable bonds is 7. The van der Waals surface area contributed by atoms with Crippen LogP contribution in [0.2, 0.25) is 0 Å². The molecule has 4 nitrogen and oxygen atoms in total. The third kappa shape index (κ3) is 4.25. The summed E-state index contributed by atoms with van der Waals surface area (Å²) in [5, 5.41) is 0. The summed E-state index contributed by atoms with van der Waals surface area (Å²) >= 11 is 0. The fourth-order valence-corrected chi connectivity index (χ4v) is 2.88. The molecule has 2 atom stereocenters. The van der Waals surface area contributed by atoms with Gasteiger partial charge >= 0.3 is 0 Å². The largest absolute Gasteiger partial charge is 0.343 e. The molecule has 1 aliphatic rings. The highest BCUT2D eigenvalue weighted by Crippen LogP contribution is 2.32. The Kier molecular flexibility index (Phi) is 6.65. The quantitative estimate of drug-likeness (QED) is 0.743. The van der Waals surface area contributed by atoms with Crippen LogP contribution < -0.4 is 5.73 Å². The van der Waals surface area contributed by atoms with Crippen LogP contribution in [0.4, 0.5) is 0 Å². The molecule has 0 aromatic rings. The molecule has 0 heterocycles. The molecular weight excluding hydrogens is 226 g/mol. The second kappa shape index (κ2) is 7.74. The van der Waals surface area contributed by atoms with Crippen molar-refractivity contribution in [2.75, 3.05) is 40.3 Å². The van der Waals surface area contributed by atoms with Gasteiger partial charge in [-0.05, 0) is 59.3 Å². The molecule has 106 valence electrons. The number of hydrogen-bond acceptors (Lipinski definition) is 3. The molecule has 1 fully saturated rings. The minimum absolute atomic E-state index is 0.189. The lowest BCUT2D eigenvalue weighted by Crippen LogP contribution is -2.40. The smallest absolute Gasteiger partial charge is 0.225 e. The van der Waals surface area contributed by atoms with Gasteiger partial charge in [0, 0.05) is 19.0 Å². The molecule has 1 amide bonds. The highest BCUT2D eigenvalue weighted by atomic mass is 16.2. The summed E-state index contributed by atoms with van der Waals surface area (Å²) in [6.45, 7) is 5.46. The maximum absolute atomic E-state index is 12.5. The van der Waals surface area contributed by atoms with Crippen molar-refractivity contribution < 1.29 is 4.79 Å². The van der Waals surface area contributed by atoms with Crippen LogP contribution >= 0.6 is 0 Å². The third-order valence-corrected chi connectivity index (χ3v) is 4.01. The van der Waals surface area contributed by atoms with Gasteiger partial charge in [-0.1, -0.05) is 6.42 Å². The molecule has 0 saturated heterocycles. The average Bonchev–Trinajstić information content (AvgIpc) is 2.81. The zero-order valence-corrected chi connectivity index (χ0v) is 12.2. The Balaban J connectivity index is 2.45. The van der Waals surface area contributed by atoms with Crippen LogP contribution in [0.5, 0.6) is 0 Å². The van der Waals surface area contributed by atoms with Crippen molar-refractivity contribution in [1.82, 2.24) is 9.80 Å². The van der Waals surface area contributed by atoms with E-state index in [0.29, 0.717) is 18.4 Å². The van der Waals surface area contributed by atoms with Crippen molar-refractivity contribution in [1.29, 1.82) is 0 Å². The minimum atomic E-state index is 0.189. The van der Waals surface area contributed by atoms with Crippen LogP contribution in [0, 0.1) is 11.8 Å². The predicted molar refractivity (Wildman–Crippen MR) is 75.3 cm³/mol. The molecule has 0 aliphatic heterocycles. The van der Waals surface area contributed by atoms with E-state index in [2.05, 4.69) is 25.9 Å². The number of carbonyl (C=O) groups excluding carboxylic acids is 1. The maximum Gasteiger partial charge on any atom is 0.225 e. The normalized spacial score (nSPS) is 23.6. The van der Waals surface area contributed by atoms with Gasteiger partial charge in [-0.25, -0.2) is 0 Å². The maximum atomic E-state index is 12.5. The lowest BCUT2D eigenvalue weighted by Gasteiger charge is -2.27.